The van der Waals surface area contributed by atoms with E-state index in [1.807, 2.05) is 42.5 Å². The Balaban J connectivity index is 0.967. The summed E-state index contributed by atoms with van der Waals surface area (Å²) in [7, 11) is 3.21. The van der Waals surface area contributed by atoms with Crippen molar-refractivity contribution in [3.05, 3.63) is 324 Å². The van der Waals surface area contributed by atoms with Gasteiger partial charge in [0.15, 0.2) is 11.6 Å². The lowest BCUT2D eigenvalue weighted by Crippen LogP contribution is -2.30. The van der Waals surface area contributed by atoms with E-state index in [1.165, 1.54) is 46.9 Å². The lowest BCUT2D eigenvalue weighted by Gasteiger charge is -2.35. The van der Waals surface area contributed by atoms with E-state index < -0.39 is 22.4 Å². The van der Waals surface area contributed by atoms with Crippen molar-refractivity contribution in [3.8, 4) is 82.2 Å². The fourth-order valence-corrected chi connectivity index (χ4v) is 19.6. The molecule has 100 heavy (non-hydrogen) atoms. The van der Waals surface area contributed by atoms with Gasteiger partial charge in [-0.3, -0.25) is 9.59 Å². The zero-order valence-corrected chi connectivity index (χ0v) is 57.3. The summed E-state index contributed by atoms with van der Waals surface area (Å²) in [5.74, 6) is 0.135. The number of nitriles is 5. The fraction of sp³-hybridized carbons (Fsp3) is 0.0952. The molecule has 0 amide bonds. The van der Waals surface area contributed by atoms with Crippen LogP contribution >= 0.6 is 45.3 Å². The highest BCUT2D eigenvalue weighted by Crippen LogP contribution is 2.67. The smallest absolute Gasteiger partial charge is 0.270 e. The third kappa shape index (κ3) is 9.26. The molecule has 7 aromatic carbocycles. The average Bonchev–Trinajstić information content (AvgIpc) is 1.49. The first-order valence-corrected chi connectivity index (χ1v) is 34.5. The molecule has 0 fully saturated rings. The molecule has 0 saturated carbocycles. The van der Waals surface area contributed by atoms with Crippen molar-refractivity contribution >= 4 is 91.6 Å². The molecule has 470 valence electrons. The first kappa shape index (κ1) is 63.2. The molecule has 0 unspecified atom stereocenters. The summed E-state index contributed by atoms with van der Waals surface area (Å²) in [6.07, 6.45) is 3.33. The number of benzene rings is 7. The van der Waals surface area contributed by atoms with Gasteiger partial charge in [-0.05, 0) is 167 Å². The van der Waals surface area contributed by atoms with Crippen LogP contribution in [0, 0.1) is 104 Å². The highest BCUT2D eigenvalue weighted by molar-refractivity contribution is 7.25. The number of hydrogen-bond acceptors (Lipinski definition) is 13. The third-order valence-corrected chi connectivity index (χ3v) is 24.1. The van der Waals surface area contributed by atoms with Crippen molar-refractivity contribution in [1.29, 1.82) is 26.3 Å². The minimum absolute atomic E-state index is 0.00780. The van der Waals surface area contributed by atoms with Crippen LogP contribution in [0.1, 0.15) is 119 Å². The van der Waals surface area contributed by atoms with Crippen LogP contribution in [0.4, 0.5) is 11.4 Å². The van der Waals surface area contributed by atoms with E-state index in [0.29, 0.717) is 21.3 Å². The van der Waals surface area contributed by atoms with Crippen LogP contribution < -0.4 is 9.47 Å². The summed E-state index contributed by atoms with van der Waals surface area (Å²) < 4.78 is 12.5. The van der Waals surface area contributed by atoms with E-state index in [9.17, 15) is 35.9 Å². The van der Waals surface area contributed by atoms with Crippen LogP contribution in [-0.2, 0) is 10.8 Å². The zero-order valence-electron chi connectivity index (χ0n) is 54.0. The number of fused-ring (bicyclic) bond motifs is 8. The molecule has 4 aliphatic rings. The van der Waals surface area contributed by atoms with Crippen LogP contribution in [0.25, 0.3) is 78.2 Å². The molecule has 0 atom stereocenters. The van der Waals surface area contributed by atoms with Crippen molar-refractivity contribution in [2.45, 2.75) is 38.5 Å². The second-order valence-corrected chi connectivity index (χ2v) is 29.0. The number of Topliss-reactive ketones (excluding diaryl/α,β-unsaturated/α-hetero) is 2. The van der Waals surface area contributed by atoms with Gasteiger partial charge in [-0.25, -0.2) is 19.8 Å². The van der Waals surface area contributed by atoms with Crippen LogP contribution in [0.5, 0.6) is 11.5 Å². The van der Waals surface area contributed by atoms with E-state index >= 15 is 0 Å². The summed E-state index contributed by atoms with van der Waals surface area (Å²) >= 11 is 6.13. The zero-order chi connectivity index (χ0) is 69.8. The Morgan fingerprint density at radius 2 is 0.800 bits per heavy atom. The molecule has 4 aliphatic carbocycles. The van der Waals surface area contributed by atoms with Gasteiger partial charge in [0.25, 0.3) is 5.70 Å². The number of rotatable bonds is 10. The van der Waals surface area contributed by atoms with Gasteiger partial charge in [-0.15, -0.1) is 45.3 Å². The first-order valence-electron chi connectivity index (χ1n) is 31.2. The van der Waals surface area contributed by atoms with Crippen LogP contribution in [0.15, 0.2) is 180 Å². The Kier molecular flexibility index (Phi) is 15.2. The highest BCUT2D eigenvalue weighted by Gasteiger charge is 2.53. The Hall–Kier alpha value is -12.8. The molecule has 4 heterocycles. The summed E-state index contributed by atoms with van der Waals surface area (Å²) in [5.41, 5.74) is 13.7. The number of carbonyl (C=O) groups is 2. The average molecular weight is 1360 g/mol. The minimum Gasteiger partial charge on any atom is -0.495 e. The van der Waals surface area contributed by atoms with Gasteiger partial charge < -0.3 is 9.47 Å². The van der Waals surface area contributed by atoms with E-state index in [0.717, 1.165) is 107 Å². The van der Waals surface area contributed by atoms with Crippen LogP contribution in [-0.4, -0.2) is 25.8 Å². The Morgan fingerprint density at radius 1 is 0.430 bits per heavy atom. The van der Waals surface area contributed by atoms with E-state index in [2.05, 4.69) is 164 Å². The Labute approximate surface area is 592 Å². The van der Waals surface area contributed by atoms with Crippen molar-refractivity contribution in [3.63, 3.8) is 0 Å². The lowest BCUT2D eigenvalue weighted by atomic mass is 9.65. The largest absolute Gasteiger partial charge is 0.495 e. The summed E-state index contributed by atoms with van der Waals surface area (Å²) in [6, 6.07) is 63.8. The number of ketones is 2. The third-order valence-electron chi connectivity index (χ3n) is 19.3. The monoisotopic (exact) mass is 1360 g/mol. The molecule has 15 rings (SSSR count). The first-order chi connectivity index (χ1) is 48.5. The number of nitrogens with zero attached hydrogens (tertiary/aromatic N) is 8. The lowest BCUT2D eigenvalue weighted by molar-refractivity contribution is 0.103. The molecule has 0 bridgehead atoms. The second kappa shape index (κ2) is 24.1. The summed E-state index contributed by atoms with van der Waals surface area (Å²) in [5, 5.41) is 50.9. The summed E-state index contributed by atoms with van der Waals surface area (Å²) in [4.78, 5) is 46.3. The van der Waals surface area contributed by atoms with E-state index in [-0.39, 0.29) is 78.3 Å². The quantitative estimate of drug-likeness (QED) is 0.0730. The normalized spacial score (nSPS) is 15.0. The maximum atomic E-state index is 14.5. The van der Waals surface area contributed by atoms with E-state index in [4.69, 9.17) is 29.2 Å². The molecule has 4 aromatic heterocycles. The van der Waals surface area contributed by atoms with Crippen molar-refractivity contribution < 1.29 is 19.1 Å². The van der Waals surface area contributed by atoms with Crippen molar-refractivity contribution in [2.24, 2.45) is 0 Å². The molecule has 12 nitrogen and oxygen atoms in total. The molecule has 0 N–H and O–H groups in total. The molecule has 0 aliphatic heterocycles. The topological polar surface area (TPSA) is 185 Å². The fourth-order valence-electron chi connectivity index (χ4n) is 14.7. The molecule has 11 aromatic rings. The molecule has 16 heteroatoms. The van der Waals surface area contributed by atoms with E-state index in [1.54, 1.807) is 49.0 Å². The van der Waals surface area contributed by atoms with Gasteiger partial charge >= 0.3 is 0 Å². The maximum Gasteiger partial charge on any atom is 0.270 e. The van der Waals surface area contributed by atoms with Gasteiger partial charge in [-0.2, -0.15) is 21.0 Å². The molecule has 0 spiro atoms. The number of aryl methyl sites for hydroxylation is 4. The van der Waals surface area contributed by atoms with Crippen LogP contribution in [0.2, 0.25) is 0 Å². The number of thiophene rings is 4. The highest BCUT2D eigenvalue weighted by atomic mass is 32.1. The second-order valence-electron chi connectivity index (χ2n) is 24.7. The molecule has 0 saturated heterocycles. The summed E-state index contributed by atoms with van der Waals surface area (Å²) in [6.45, 7) is 31.9. The number of allylic oxidation sites excluding steroid dienone is 6. The SMILES string of the molecule is [C-]#[N+]/C(C#N)=C1/C(=C/c2cc(OC)c(-c3cc4c(s3)-c3cc5c(cc3C4(c3ccc(C)cc3)c3ccc(C)cc3)-c3sc(-c4sc(/C=C6\C(=O)c7cc([N+]#[C-])c(C#N)cc7C6=C(C#N)C#N)cc4OC)cc3C5(c3ccc(C)cc3)c3ccc(C)cc3)s2)C(=O)c2cc(C#N)c([N+]#[C-])cc21. The number of ether oxygens (including phenoxy) is 2. The van der Waals surface area contributed by atoms with Crippen molar-refractivity contribution in [2.75, 3.05) is 14.2 Å². The number of carbonyl (C=O) groups excluding carboxylic acids is 2. The van der Waals surface area contributed by atoms with Gasteiger partial charge in [0.1, 0.15) is 29.2 Å². The Morgan fingerprint density at radius 3 is 1.16 bits per heavy atom. The van der Waals surface area contributed by atoms with Crippen LogP contribution in [0.3, 0.4) is 0 Å². The standard InChI is InChI=1S/C84H46N8O4S4/c1-43-10-18-50(19-11-43)83(51-20-12-44(2)13-21-51)64-33-61-65(32-60(64)79-66(83)36-73(99-79)81-71(95-8)30-54(97-81)28-62-75(49(40-87)41-88)56-26-47(38-85)69(91-6)35-59(56)78(62)94)84(52-22-14-45(3)15-23-52,53-24-16-46(4)17-25-53)67-37-74(100-80(61)67)82-72(96-9)31-55(98-82)29-63-76(70(42-89)92-7)57-34-68(90-5)48(39-86)27-58(57)77(63)93/h10-37H,1-4,8-9H3/b62-28-,63-29-,76-70+. The number of methoxy groups -OCH3 is 2. The Bertz CT molecular complexity index is 5550. The molecular weight excluding hydrogens is 1310 g/mol. The molecular formula is C84H46N8O4S4. The van der Waals surface area contributed by atoms with Gasteiger partial charge in [0.05, 0.1) is 83.9 Å². The maximum absolute atomic E-state index is 14.5. The van der Waals surface area contributed by atoms with Gasteiger partial charge in [0.2, 0.25) is 11.4 Å². The minimum atomic E-state index is -0.917. The molecule has 0 radical (unpaired) electrons. The predicted octanol–water partition coefficient (Wildman–Crippen LogP) is 20.6. The van der Waals surface area contributed by atoms with Gasteiger partial charge in [-0.1, -0.05) is 119 Å². The van der Waals surface area contributed by atoms with Crippen molar-refractivity contribution in [1.82, 2.24) is 0 Å². The van der Waals surface area contributed by atoms with Gasteiger partial charge in [0, 0.05) is 62.7 Å². The predicted molar refractivity (Wildman–Crippen MR) is 392 cm³/mol. The number of hydrogen-bond donors (Lipinski definition) is 0.